The van der Waals surface area contributed by atoms with E-state index in [2.05, 4.69) is 50.9 Å². The zero-order valence-corrected chi connectivity index (χ0v) is 18.1. The first-order valence-corrected chi connectivity index (χ1v) is 10.3. The molecule has 0 aliphatic rings. The summed E-state index contributed by atoms with van der Waals surface area (Å²) >= 11 is 1.63. The van der Waals surface area contributed by atoms with Gasteiger partial charge in [-0.3, -0.25) is 0 Å². The van der Waals surface area contributed by atoms with Crippen LogP contribution in [0, 0.1) is 5.92 Å². The molecule has 0 aliphatic heterocycles. The Labute approximate surface area is 166 Å². The fraction of sp³-hybridized carbons (Fsp3) is 0.632. The van der Waals surface area contributed by atoms with Crippen molar-refractivity contribution >= 4 is 17.3 Å². The highest BCUT2D eigenvalue weighted by molar-refractivity contribution is 7.09. The van der Waals surface area contributed by atoms with Crippen LogP contribution < -0.4 is 5.32 Å². The van der Waals surface area contributed by atoms with Crippen molar-refractivity contribution in [3.05, 3.63) is 34.3 Å². The van der Waals surface area contributed by atoms with Gasteiger partial charge >= 0.3 is 0 Å². The van der Waals surface area contributed by atoms with Gasteiger partial charge in [-0.15, -0.1) is 11.3 Å². The van der Waals surface area contributed by atoms with Crippen molar-refractivity contribution in [2.45, 2.75) is 53.4 Å². The number of thiazole rings is 1. The summed E-state index contributed by atoms with van der Waals surface area (Å²) in [5.41, 5.74) is 1.02. The molecule has 150 valence electrons. The first kappa shape index (κ1) is 21.4. The van der Waals surface area contributed by atoms with E-state index in [4.69, 9.17) is 9.73 Å². The van der Waals surface area contributed by atoms with Gasteiger partial charge in [-0.25, -0.2) is 15.0 Å². The Balaban J connectivity index is 2.05. The van der Waals surface area contributed by atoms with Crippen molar-refractivity contribution in [3.8, 4) is 0 Å². The molecule has 2 aromatic heterocycles. The second-order valence-electron chi connectivity index (χ2n) is 6.97. The van der Waals surface area contributed by atoms with E-state index in [1.54, 1.807) is 18.4 Å². The van der Waals surface area contributed by atoms with Crippen LogP contribution in [0.5, 0.6) is 0 Å². The van der Waals surface area contributed by atoms with E-state index in [1.807, 2.05) is 26.4 Å². The van der Waals surface area contributed by atoms with E-state index in [-0.39, 0.29) is 6.10 Å². The second-order valence-corrected chi connectivity index (χ2v) is 7.86. The zero-order chi connectivity index (χ0) is 19.8. The van der Waals surface area contributed by atoms with Crippen molar-refractivity contribution in [3.63, 3.8) is 0 Å². The van der Waals surface area contributed by atoms with E-state index in [9.17, 15) is 0 Å². The van der Waals surface area contributed by atoms with Gasteiger partial charge in [-0.1, -0.05) is 13.8 Å². The van der Waals surface area contributed by atoms with Gasteiger partial charge in [0.25, 0.3) is 0 Å². The molecule has 7 nitrogen and oxygen atoms in total. The van der Waals surface area contributed by atoms with Crippen LogP contribution in [0.2, 0.25) is 0 Å². The smallest absolute Gasteiger partial charge is 0.194 e. The lowest BCUT2D eigenvalue weighted by Gasteiger charge is -2.21. The average molecular weight is 393 g/mol. The van der Waals surface area contributed by atoms with Crippen molar-refractivity contribution in [1.82, 2.24) is 24.8 Å². The standard InChI is InChI=1S/C19H32N6OS/c1-7-20-19(22-10-17-21-8-9-25(17)11-14(2)3)24(5)12-16-13-27-18(23-16)15(4)26-6/h8-9,13-15H,7,10-12H2,1-6H3,(H,20,22). The minimum Gasteiger partial charge on any atom is -0.375 e. The zero-order valence-electron chi connectivity index (χ0n) is 17.3. The van der Waals surface area contributed by atoms with Gasteiger partial charge in [0.05, 0.1) is 12.2 Å². The number of hydrogen-bond donors (Lipinski definition) is 1. The lowest BCUT2D eigenvalue weighted by atomic mass is 10.2. The van der Waals surface area contributed by atoms with E-state index in [0.717, 1.165) is 35.6 Å². The SMILES string of the molecule is CCNC(=NCc1nccn1CC(C)C)N(C)Cc1csc(C(C)OC)n1. The summed E-state index contributed by atoms with van der Waals surface area (Å²) in [7, 11) is 3.73. The maximum Gasteiger partial charge on any atom is 0.194 e. The number of nitrogens with zero attached hydrogens (tertiary/aromatic N) is 5. The van der Waals surface area contributed by atoms with Crippen LogP contribution in [0.25, 0.3) is 0 Å². The summed E-state index contributed by atoms with van der Waals surface area (Å²) in [5, 5.41) is 6.44. The van der Waals surface area contributed by atoms with Gasteiger partial charge in [0.1, 0.15) is 23.5 Å². The Morgan fingerprint density at radius 3 is 2.85 bits per heavy atom. The molecule has 27 heavy (non-hydrogen) atoms. The van der Waals surface area contributed by atoms with Crippen LogP contribution in [0.3, 0.4) is 0 Å². The largest absolute Gasteiger partial charge is 0.375 e. The van der Waals surface area contributed by atoms with E-state index < -0.39 is 0 Å². The van der Waals surface area contributed by atoms with Crippen LogP contribution in [-0.4, -0.2) is 46.1 Å². The van der Waals surface area contributed by atoms with Crippen LogP contribution in [0.1, 0.15) is 50.3 Å². The molecule has 0 spiro atoms. The summed E-state index contributed by atoms with van der Waals surface area (Å²) in [6.07, 6.45) is 3.89. The Kier molecular flexibility index (Phi) is 8.24. The van der Waals surface area contributed by atoms with E-state index in [0.29, 0.717) is 19.0 Å². The van der Waals surface area contributed by atoms with Gasteiger partial charge in [0.15, 0.2) is 5.96 Å². The molecule has 0 saturated carbocycles. The summed E-state index contributed by atoms with van der Waals surface area (Å²) in [5.74, 6) is 2.41. The highest BCUT2D eigenvalue weighted by atomic mass is 32.1. The number of hydrogen-bond acceptors (Lipinski definition) is 5. The molecule has 1 atom stereocenters. The molecule has 0 saturated heterocycles. The van der Waals surface area contributed by atoms with Crippen molar-refractivity contribution in [1.29, 1.82) is 0 Å². The fourth-order valence-corrected chi connectivity index (χ4v) is 3.51. The highest BCUT2D eigenvalue weighted by Gasteiger charge is 2.13. The van der Waals surface area contributed by atoms with Gasteiger partial charge < -0.3 is 19.5 Å². The topological polar surface area (TPSA) is 67.6 Å². The Morgan fingerprint density at radius 1 is 1.41 bits per heavy atom. The minimum atomic E-state index is 0.0239. The molecule has 0 aliphatic carbocycles. The van der Waals surface area contributed by atoms with Crippen molar-refractivity contribution in [2.24, 2.45) is 10.9 Å². The van der Waals surface area contributed by atoms with Gasteiger partial charge in [0.2, 0.25) is 0 Å². The molecule has 8 heteroatoms. The molecule has 0 radical (unpaired) electrons. The molecular formula is C19H32N6OS. The monoisotopic (exact) mass is 392 g/mol. The number of nitrogens with one attached hydrogen (secondary N) is 1. The maximum atomic E-state index is 5.35. The van der Waals surface area contributed by atoms with Gasteiger partial charge in [-0.2, -0.15) is 0 Å². The van der Waals surface area contributed by atoms with Crippen LogP contribution >= 0.6 is 11.3 Å². The Hall–Kier alpha value is -1.93. The maximum absolute atomic E-state index is 5.35. The summed E-state index contributed by atoms with van der Waals surface area (Å²) in [6, 6.07) is 0. The lowest BCUT2D eigenvalue weighted by molar-refractivity contribution is 0.119. The number of ether oxygens (including phenoxy) is 1. The van der Waals surface area contributed by atoms with Crippen molar-refractivity contribution in [2.75, 3.05) is 20.7 Å². The van der Waals surface area contributed by atoms with E-state index >= 15 is 0 Å². The highest BCUT2D eigenvalue weighted by Crippen LogP contribution is 2.21. The number of rotatable bonds is 9. The number of aromatic nitrogens is 3. The lowest BCUT2D eigenvalue weighted by Crippen LogP contribution is -2.38. The predicted molar refractivity (Wildman–Crippen MR) is 111 cm³/mol. The third-order valence-corrected chi connectivity index (χ3v) is 5.15. The Morgan fingerprint density at radius 2 is 2.19 bits per heavy atom. The average Bonchev–Trinajstić information content (AvgIpc) is 3.27. The number of imidazole rings is 1. The van der Waals surface area contributed by atoms with Crippen LogP contribution in [-0.2, 0) is 24.4 Å². The number of methoxy groups -OCH3 is 1. The quantitative estimate of drug-likeness (QED) is 0.524. The number of aliphatic imine (C=N–C) groups is 1. The second kappa shape index (κ2) is 10.4. The fourth-order valence-electron chi connectivity index (χ4n) is 2.67. The molecule has 0 aromatic carbocycles. The van der Waals surface area contributed by atoms with Gasteiger partial charge in [0, 0.05) is 45.0 Å². The first-order chi connectivity index (χ1) is 12.9. The third kappa shape index (κ3) is 6.32. The molecule has 2 rings (SSSR count). The van der Waals surface area contributed by atoms with Crippen LogP contribution in [0.15, 0.2) is 22.8 Å². The van der Waals surface area contributed by atoms with Crippen molar-refractivity contribution < 1.29 is 4.74 Å². The first-order valence-electron chi connectivity index (χ1n) is 9.41. The summed E-state index contributed by atoms with van der Waals surface area (Å²) in [6.45, 7) is 11.5. The normalized spacial score (nSPS) is 13.2. The Bertz CT molecular complexity index is 723. The summed E-state index contributed by atoms with van der Waals surface area (Å²) < 4.78 is 7.53. The number of guanidine groups is 1. The molecule has 1 unspecified atom stereocenters. The molecule has 1 N–H and O–H groups in total. The predicted octanol–water partition coefficient (Wildman–Crippen LogP) is 3.30. The minimum absolute atomic E-state index is 0.0239. The summed E-state index contributed by atoms with van der Waals surface area (Å²) in [4.78, 5) is 16.0. The third-order valence-electron chi connectivity index (χ3n) is 4.10. The van der Waals surface area contributed by atoms with Crippen LogP contribution in [0.4, 0.5) is 0 Å². The van der Waals surface area contributed by atoms with E-state index in [1.165, 1.54) is 0 Å². The molecular weight excluding hydrogens is 360 g/mol. The molecule has 0 bridgehead atoms. The molecule has 0 fully saturated rings. The van der Waals surface area contributed by atoms with Gasteiger partial charge in [-0.05, 0) is 19.8 Å². The molecule has 2 heterocycles. The molecule has 2 aromatic rings. The molecule has 0 amide bonds.